The van der Waals surface area contributed by atoms with E-state index in [9.17, 15) is 0 Å². The number of methoxy groups -OCH3 is 2. The van der Waals surface area contributed by atoms with Gasteiger partial charge < -0.3 is 20.3 Å². The van der Waals surface area contributed by atoms with E-state index in [1.165, 1.54) is 7.11 Å². The quantitative estimate of drug-likeness (QED) is 0.861. The summed E-state index contributed by atoms with van der Waals surface area (Å²) in [6, 6.07) is 3.27. The zero-order valence-electron chi connectivity index (χ0n) is 9.77. The molecule has 6 heteroatoms. The normalized spacial score (nSPS) is 11.6. The molecular formula is C11H17Cl2NO3. The Morgan fingerprint density at radius 1 is 1.35 bits per heavy atom. The van der Waals surface area contributed by atoms with Gasteiger partial charge in [0.15, 0.2) is 11.5 Å². The molecule has 1 aromatic carbocycles. The molecule has 1 rings (SSSR count). The smallest absolute Gasteiger partial charge is 0.179 e. The first-order valence-electron chi connectivity index (χ1n) is 4.89. The highest BCUT2D eigenvalue weighted by Crippen LogP contribution is 2.36. The molecule has 1 atom stereocenters. The van der Waals surface area contributed by atoms with Crippen molar-refractivity contribution in [3.8, 4) is 11.5 Å². The molecule has 4 nitrogen and oxygen atoms in total. The van der Waals surface area contributed by atoms with Crippen LogP contribution >= 0.6 is 24.0 Å². The molecule has 0 aliphatic rings. The van der Waals surface area contributed by atoms with Gasteiger partial charge in [0, 0.05) is 6.04 Å². The second kappa shape index (κ2) is 7.61. The lowest BCUT2D eigenvalue weighted by Gasteiger charge is -2.13. The number of aliphatic hydroxyl groups excluding tert-OH is 1. The minimum absolute atomic E-state index is 0. The SMILES string of the molecule is COc1cc(CC(N)CO)cc(Cl)c1OC.Cl. The molecule has 0 fully saturated rings. The molecule has 0 radical (unpaired) electrons. The van der Waals surface area contributed by atoms with Gasteiger partial charge in [0.05, 0.1) is 25.8 Å². The number of ether oxygens (including phenoxy) is 2. The van der Waals surface area contributed by atoms with E-state index in [1.807, 2.05) is 0 Å². The Balaban J connectivity index is 0.00000256. The van der Waals surface area contributed by atoms with Gasteiger partial charge in [0.25, 0.3) is 0 Å². The molecule has 17 heavy (non-hydrogen) atoms. The Morgan fingerprint density at radius 3 is 2.47 bits per heavy atom. The van der Waals surface area contributed by atoms with Gasteiger partial charge in [0.1, 0.15) is 0 Å². The number of hydrogen-bond acceptors (Lipinski definition) is 4. The van der Waals surface area contributed by atoms with Crippen LogP contribution in [0.15, 0.2) is 12.1 Å². The van der Waals surface area contributed by atoms with Crippen molar-refractivity contribution in [2.75, 3.05) is 20.8 Å². The number of nitrogens with two attached hydrogens (primary N) is 1. The van der Waals surface area contributed by atoms with Crippen molar-refractivity contribution in [1.82, 2.24) is 0 Å². The van der Waals surface area contributed by atoms with E-state index in [0.717, 1.165) is 5.56 Å². The Bertz CT molecular complexity index is 361. The molecule has 0 aliphatic heterocycles. The molecule has 3 N–H and O–H groups in total. The van der Waals surface area contributed by atoms with E-state index < -0.39 is 0 Å². The van der Waals surface area contributed by atoms with E-state index in [1.54, 1.807) is 19.2 Å². The van der Waals surface area contributed by atoms with E-state index in [0.29, 0.717) is 22.9 Å². The van der Waals surface area contributed by atoms with Crippen molar-refractivity contribution >= 4 is 24.0 Å². The molecule has 1 unspecified atom stereocenters. The minimum Gasteiger partial charge on any atom is -0.493 e. The van der Waals surface area contributed by atoms with Gasteiger partial charge in [0.2, 0.25) is 0 Å². The third kappa shape index (κ3) is 4.24. The average molecular weight is 282 g/mol. The van der Waals surface area contributed by atoms with Crippen molar-refractivity contribution in [2.24, 2.45) is 5.73 Å². The van der Waals surface area contributed by atoms with Crippen LogP contribution < -0.4 is 15.2 Å². The van der Waals surface area contributed by atoms with Crippen LogP contribution in [0.25, 0.3) is 0 Å². The second-order valence-corrected chi connectivity index (χ2v) is 3.87. The zero-order chi connectivity index (χ0) is 12.1. The summed E-state index contributed by atoms with van der Waals surface area (Å²) in [5.41, 5.74) is 6.56. The molecule has 0 spiro atoms. The third-order valence-corrected chi connectivity index (χ3v) is 2.51. The molecule has 0 aromatic heterocycles. The van der Waals surface area contributed by atoms with Gasteiger partial charge in [-0.15, -0.1) is 12.4 Å². The zero-order valence-corrected chi connectivity index (χ0v) is 11.3. The van der Waals surface area contributed by atoms with Crippen molar-refractivity contribution < 1.29 is 14.6 Å². The summed E-state index contributed by atoms with van der Waals surface area (Å²) in [5.74, 6) is 1.07. The minimum atomic E-state index is -0.297. The Labute approximate surface area is 112 Å². The summed E-state index contributed by atoms with van der Waals surface area (Å²) in [6.07, 6.45) is 0.538. The topological polar surface area (TPSA) is 64.7 Å². The summed E-state index contributed by atoms with van der Waals surface area (Å²) >= 11 is 6.03. The van der Waals surface area contributed by atoms with Crippen molar-refractivity contribution in [2.45, 2.75) is 12.5 Å². The lowest BCUT2D eigenvalue weighted by molar-refractivity contribution is 0.265. The largest absolute Gasteiger partial charge is 0.493 e. The maximum absolute atomic E-state index is 8.88. The summed E-state index contributed by atoms with van der Waals surface area (Å²) in [6.45, 7) is -0.0635. The van der Waals surface area contributed by atoms with Crippen molar-refractivity contribution in [1.29, 1.82) is 0 Å². The number of rotatable bonds is 5. The molecule has 0 saturated carbocycles. The fraction of sp³-hybridized carbons (Fsp3) is 0.455. The molecule has 0 amide bonds. The summed E-state index contributed by atoms with van der Waals surface area (Å²) < 4.78 is 10.3. The highest BCUT2D eigenvalue weighted by molar-refractivity contribution is 6.32. The van der Waals surface area contributed by atoms with Crippen LogP contribution in [-0.2, 0) is 6.42 Å². The first kappa shape index (κ1) is 16.3. The first-order chi connectivity index (χ1) is 7.62. The van der Waals surface area contributed by atoms with Gasteiger partial charge in [-0.25, -0.2) is 0 Å². The first-order valence-corrected chi connectivity index (χ1v) is 5.27. The second-order valence-electron chi connectivity index (χ2n) is 3.46. The molecule has 1 aromatic rings. The molecule has 0 heterocycles. The standard InChI is InChI=1S/C11H16ClNO3.ClH/c1-15-10-5-7(3-8(13)6-14)4-9(12)11(10)16-2;/h4-5,8,14H,3,6,13H2,1-2H3;1H. The monoisotopic (exact) mass is 281 g/mol. The lowest BCUT2D eigenvalue weighted by Crippen LogP contribution is -2.26. The number of benzene rings is 1. The van der Waals surface area contributed by atoms with Crippen LogP contribution in [0.3, 0.4) is 0 Å². The molecule has 0 aliphatic carbocycles. The molecule has 98 valence electrons. The maximum Gasteiger partial charge on any atom is 0.179 e. The highest BCUT2D eigenvalue weighted by Gasteiger charge is 2.12. The highest BCUT2D eigenvalue weighted by atomic mass is 35.5. The lowest BCUT2D eigenvalue weighted by atomic mass is 10.1. The van der Waals surface area contributed by atoms with Crippen LogP contribution in [0.2, 0.25) is 5.02 Å². The van der Waals surface area contributed by atoms with Crippen molar-refractivity contribution in [3.05, 3.63) is 22.7 Å². The van der Waals surface area contributed by atoms with E-state index in [4.69, 9.17) is 31.9 Å². The number of hydrogen-bond donors (Lipinski definition) is 2. The average Bonchev–Trinajstić information content (AvgIpc) is 2.28. The fourth-order valence-corrected chi connectivity index (χ4v) is 1.77. The summed E-state index contributed by atoms with van der Waals surface area (Å²) in [4.78, 5) is 0. The van der Waals surface area contributed by atoms with Crippen LogP contribution in [0.5, 0.6) is 11.5 Å². The Hall–Kier alpha value is -0.680. The van der Waals surface area contributed by atoms with Crippen LogP contribution in [0.4, 0.5) is 0 Å². The van der Waals surface area contributed by atoms with Gasteiger partial charge in [-0.3, -0.25) is 0 Å². The summed E-state index contributed by atoms with van der Waals surface area (Å²) in [7, 11) is 3.08. The van der Waals surface area contributed by atoms with E-state index >= 15 is 0 Å². The molecule has 0 bridgehead atoms. The van der Waals surface area contributed by atoms with E-state index in [2.05, 4.69) is 0 Å². The van der Waals surface area contributed by atoms with Gasteiger partial charge >= 0.3 is 0 Å². The predicted octanol–water partition coefficient (Wildman–Crippen LogP) is 1.64. The Kier molecular flexibility index (Phi) is 7.30. The van der Waals surface area contributed by atoms with Gasteiger partial charge in [-0.1, -0.05) is 11.6 Å². The van der Waals surface area contributed by atoms with Crippen molar-refractivity contribution in [3.63, 3.8) is 0 Å². The number of halogens is 2. The molecule has 0 saturated heterocycles. The maximum atomic E-state index is 8.88. The summed E-state index contributed by atoms with van der Waals surface area (Å²) in [5, 5.41) is 9.35. The van der Waals surface area contributed by atoms with Crippen LogP contribution in [-0.4, -0.2) is 32.0 Å². The van der Waals surface area contributed by atoms with E-state index in [-0.39, 0.29) is 25.1 Å². The van der Waals surface area contributed by atoms with Gasteiger partial charge in [-0.05, 0) is 24.1 Å². The van der Waals surface area contributed by atoms with Crippen LogP contribution in [0.1, 0.15) is 5.56 Å². The molecular weight excluding hydrogens is 265 g/mol. The third-order valence-electron chi connectivity index (χ3n) is 2.23. The van der Waals surface area contributed by atoms with Gasteiger partial charge in [-0.2, -0.15) is 0 Å². The van der Waals surface area contributed by atoms with Crippen LogP contribution in [0, 0.1) is 0 Å². The Morgan fingerprint density at radius 2 is 2.00 bits per heavy atom. The number of aliphatic hydroxyl groups is 1. The predicted molar refractivity (Wildman–Crippen MR) is 70.6 cm³/mol. The fourth-order valence-electron chi connectivity index (χ4n) is 1.46.